The molecule has 0 spiro atoms. The largest absolute Gasteiger partial charge is 0.395 e. The Hall–Kier alpha value is -0.0800. The topological polar surface area (TPSA) is 32.3 Å². The van der Waals surface area contributed by atoms with Crippen LogP contribution in [-0.2, 0) is 0 Å². The molecule has 0 aliphatic heterocycles. The molecule has 0 radical (unpaired) electrons. The summed E-state index contributed by atoms with van der Waals surface area (Å²) in [6.45, 7) is 10.9. The van der Waals surface area contributed by atoms with Crippen LogP contribution in [0.5, 0.6) is 0 Å². The highest BCUT2D eigenvalue weighted by Gasteiger charge is 2.16. The monoisotopic (exact) mass is 173 g/mol. The summed E-state index contributed by atoms with van der Waals surface area (Å²) in [6.07, 6.45) is 1.04. The summed E-state index contributed by atoms with van der Waals surface area (Å²) in [5.74, 6) is 0.636. The van der Waals surface area contributed by atoms with Crippen molar-refractivity contribution in [3.8, 4) is 0 Å². The van der Waals surface area contributed by atoms with Crippen LogP contribution in [0.15, 0.2) is 0 Å². The molecule has 74 valence electrons. The Morgan fingerprint density at radius 2 is 1.75 bits per heavy atom. The third kappa shape index (κ3) is 6.62. The van der Waals surface area contributed by atoms with E-state index in [1.54, 1.807) is 0 Å². The Balaban J connectivity index is 3.83. The molecule has 0 aromatic heterocycles. The smallest absolute Gasteiger partial charge is 0.0584 e. The summed E-state index contributed by atoms with van der Waals surface area (Å²) in [7, 11) is 0. The number of hydrogen-bond donors (Lipinski definition) is 2. The Bertz CT molecular complexity index is 115. The van der Waals surface area contributed by atoms with Gasteiger partial charge in [0.15, 0.2) is 0 Å². The molecule has 0 amide bonds. The summed E-state index contributed by atoms with van der Waals surface area (Å²) in [5, 5.41) is 12.5. The lowest BCUT2D eigenvalue weighted by atomic mass is 10.0. The molecule has 2 N–H and O–H groups in total. The van der Waals surface area contributed by atoms with Crippen molar-refractivity contribution in [3.63, 3.8) is 0 Å². The number of hydrogen-bond acceptors (Lipinski definition) is 2. The Morgan fingerprint density at radius 1 is 1.25 bits per heavy atom. The van der Waals surface area contributed by atoms with E-state index in [-0.39, 0.29) is 18.2 Å². The summed E-state index contributed by atoms with van der Waals surface area (Å²) in [6, 6.07) is 0.241. The van der Waals surface area contributed by atoms with Gasteiger partial charge in [-0.1, -0.05) is 13.8 Å². The Labute approximate surface area is 76.4 Å². The maximum Gasteiger partial charge on any atom is 0.0584 e. The zero-order valence-electron chi connectivity index (χ0n) is 9.02. The molecule has 0 aliphatic carbocycles. The van der Waals surface area contributed by atoms with Crippen molar-refractivity contribution in [1.29, 1.82) is 0 Å². The lowest BCUT2D eigenvalue weighted by Crippen LogP contribution is -2.46. The maximum absolute atomic E-state index is 9.08. The van der Waals surface area contributed by atoms with Gasteiger partial charge in [-0.15, -0.1) is 0 Å². The predicted molar refractivity (Wildman–Crippen MR) is 53.2 cm³/mol. The highest BCUT2D eigenvalue weighted by molar-refractivity contribution is 4.77. The predicted octanol–water partition coefficient (Wildman–Crippen LogP) is 1.78. The van der Waals surface area contributed by atoms with Crippen LogP contribution >= 0.6 is 0 Å². The molecule has 0 saturated heterocycles. The molecule has 12 heavy (non-hydrogen) atoms. The highest BCUT2D eigenvalue weighted by atomic mass is 16.3. The molecule has 0 heterocycles. The van der Waals surface area contributed by atoms with Gasteiger partial charge >= 0.3 is 0 Å². The summed E-state index contributed by atoms with van der Waals surface area (Å²) in [5.41, 5.74) is 0.0995. The van der Waals surface area contributed by atoms with E-state index in [0.29, 0.717) is 5.92 Å². The van der Waals surface area contributed by atoms with E-state index >= 15 is 0 Å². The van der Waals surface area contributed by atoms with Crippen LogP contribution in [0.25, 0.3) is 0 Å². The van der Waals surface area contributed by atoms with Gasteiger partial charge in [0.2, 0.25) is 0 Å². The number of aliphatic hydroxyl groups excluding tert-OH is 1. The van der Waals surface area contributed by atoms with Crippen molar-refractivity contribution in [2.45, 2.75) is 52.6 Å². The highest BCUT2D eigenvalue weighted by Crippen LogP contribution is 2.08. The van der Waals surface area contributed by atoms with E-state index in [9.17, 15) is 0 Å². The van der Waals surface area contributed by atoms with Crippen molar-refractivity contribution >= 4 is 0 Å². The lowest BCUT2D eigenvalue weighted by molar-refractivity contribution is 0.198. The third-order valence-corrected chi connectivity index (χ3v) is 1.61. The van der Waals surface area contributed by atoms with Crippen molar-refractivity contribution in [2.75, 3.05) is 6.61 Å². The average molecular weight is 173 g/mol. The van der Waals surface area contributed by atoms with E-state index < -0.39 is 0 Å². The molecule has 0 aliphatic rings. The summed E-state index contributed by atoms with van der Waals surface area (Å²) in [4.78, 5) is 0. The zero-order chi connectivity index (χ0) is 9.78. The van der Waals surface area contributed by atoms with Crippen LogP contribution in [0.1, 0.15) is 41.0 Å². The minimum atomic E-state index is 0.0995. The average Bonchev–Trinajstić information content (AvgIpc) is 1.82. The fourth-order valence-corrected chi connectivity index (χ4v) is 1.36. The van der Waals surface area contributed by atoms with Gasteiger partial charge in [-0.05, 0) is 33.1 Å². The van der Waals surface area contributed by atoms with Crippen LogP contribution in [0.2, 0.25) is 0 Å². The quantitative estimate of drug-likeness (QED) is 0.679. The molecule has 0 aromatic rings. The molecule has 2 heteroatoms. The Kier molecular flexibility index (Phi) is 4.80. The lowest BCUT2D eigenvalue weighted by Gasteiger charge is -2.28. The van der Waals surface area contributed by atoms with Gasteiger partial charge in [0, 0.05) is 11.6 Å². The van der Waals surface area contributed by atoms with Crippen LogP contribution in [-0.4, -0.2) is 23.3 Å². The number of aliphatic hydroxyl groups is 1. The van der Waals surface area contributed by atoms with Crippen molar-refractivity contribution in [1.82, 2.24) is 5.32 Å². The first kappa shape index (κ1) is 11.9. The van der Waals surface area contributed by atoms with Gasteiger partial charge in [0.05, 0.1) is 6.61 Å². The maximum atomic E-state index is 9.08. The first-order chi connectivity index (χ1) is 5.35. The van der Waals surface area contributed by atoms with Crippen LogP contribution in [0.3, 0.4) is 0 Å². The van der Waals surface area contributed by atoms with Crippen molar-refractivity contribution in [3.05, 3.63) is 0 Å². The first-order valence-electron chi connectivity index (χ1n) is 4.73. The van der Waals surface area contributed by atoms with Gasteiger partial charge in [-0.25, -0.2) is 0 Å². The fourth-order valence-electron chi connectivity index (χ4n) is 1.36. The molecule has 0 saturated carbocycles. The molecule has 0 fully saturated rings. The third-order valence-electron chi connectivity index (χ3n) is 1.61. The van der Waals surface area contributed by atoms with Crippen molar-refractivity contribution in [2.24, 2.45) is 5.92 Å². The molecular formula is C10H23NO. The van der Waals surface area contributed by atoms with Crippen LogP contribution < -0.4 is 5.32 Å². The van der Waals surface area contributed by atoms with Gasteiger partial charge in [-0.2, -0.15) is 0 Å². The van der Waals surface area contributed by atoms with E-state index in [4.69, 9.17) is 5.11 Å². The zero-order valence-corrected chi connectivity index (χ0v) is 9.02. The summed E-state index contributed by atoms with van der Waals surface area (Å²) < 4.78 is 0. The van der Waals surface area contributed by atoms with Crippen molar-refractivity contribution < 1.29 is 5.11 Å². The second-order valence-corrected chi connectivity index (χ2v) is 4.90. The van der Waals surface area contributed by atoms with Crippen LogP contribution in [0.4, 0.5) is 0 Å². The molecule has 0 aromatic carbocycles. The first-order valence-corrected chi connectivity index (χ1v) is 4.73. The second kappa shape index (κ2) is 4.83. The van der Waals surface area contributed by atoms with E-state index in [1.807, 2.05) is 0 Å². The molecule has 0 unspecified atom stereocenters. The molecule has 2 nitrogen and oxygen atoms in total. The molecule has 0 rings (SSSR count). The molecule has 0 bridgehead atoms. The standard InChI is InChI=1S/C10H23NO/c1-8(2)6-9(7-12)11-10(3,4)5/h8-9,11-12H,6-7H2,1-5H3/t9-/m1/s1. The Morgan fingerprint density at radius 3 is 2.00 bits per heavy atom. The van der Waals surface area contributed by atoms with Gasteiger partial charge in [-0.3, -0.25) is 0 Å². The normalized spacial score (nSPS) is 15.2. The van der Waals surface area contributed by atoms with Crippen LogP contribution in [0, 0.1) is 5.92 Å². The minimum absolute atomic E-state index is 0.0995. The molecular weight excluding hydrogens is 150 g/mol. The number of rotatable bonds is 4. The minimum Gasteiger partial charge on any atom is -0.395 e. The van der Waals surface area contributed by atoms with E-state index in [0.717, 1.165) is 6.42 Å². The van der Waals surface area contributed by atoms with Gasteiger partial charge < -0.3 is 10.4 Å². The summed E-state index contributed by atoms with van der Waals surface area (Å²) >= 11 is 0. The number of nitrogens with one attached hydrogen (secondary N) is 1. The SMILES string of the molecule is CC(C)C[C@H](CO)NC(C)(C)C. The fraction of sp³-hybridized carbons (Fsp3) is 1.00. The van der Waals surface area contributed by atoms with Gasteiger partial charge in [0.25, 0.3) is 0 Å². The second-order valence-electron chi connectivity index (χ2n) is 4.90. The molecule has 1 atom stereocenters. The van der Waals surface area contributed by atoms with E-state index in [1.165, 1.54) is 0 Å². The van der Waals surface area contributed by atoms with E-state index in [2.05, 4.69) is 39.9 Å². The van der Waals surface area contributed by atoms with Gasteiger partial charge in [0.1, 0.15) is 0 Å².